The van der Waals surface area contributed by atoms with Crippen LogP contribution in [0.1, 0.15) is 41.6 Å². The van der Waals surface area contributed by atoms with Crippen molar-refractivity contribution in [2.45, 2.75) is 32.4 Å². The largest absolute Gasteiger partial charge is 0.480 e. The fourth-order valence-electron chi connectivity index (χ4n) is 2.04. The van der Waals surface area contributed by atoms with Crippen molar-refractivity contribution in [1.29, 1.82) is 0 Å². The Morgan fingerprint density at radius 2 is 2.04 bits per heavy atom. The van der Waals surface area contributed by atoms with E-state index in [9.17, 15) is 14.4 Å². The third kappa shape index (κ3) is 5.80. The number of benzene rings is 1. The lowest BCUT2D eigenvalue weighted by Crippen LogP contribution is -2.42. The molecule has 1 amide bonds. The lowest BCUT2D eigenvalue weighted by Gasteiger charge is -2.19. The number of carboxylic acids is 1. The van der Waals surface area contributed by atoms with Gasteiger partial charge >= 0.3 is 11.9 Å². The molecule has 1 aromatic carbocycles. The number of ether oxygens (including phenoxy) is 1. The van der Waals surface area contributed by atoms with Crippen molar-refractivity contribution in [3.05, 3.63) is 40.9 Å². The minimum Gasteiger partial charge on any atom is -0.480 e. The van der Waals surface area contributed by atoms with Gasteiger partial charge in [0.1, 0.15) is 22.3 Å². The molecule has 1 unspecified atom stereocenters. The lowest BCUT2D eigenvalue weighted by atomic mass is 10.1. The highest BCUT2D eigenvalue weighted by Crippen LogP contribution is 2.25. The molecule has 1 aromatic heterocycles. The standard InChI is InChI=1S/C18H20N2O5S2/c1-18(2,3)25-17(24)11-6-4-5-10(7-11)15-20-13(9-27-15)14(21)19-12(8-26)16(22)23/h4-7,9,12,26H,8H2,1-3H3,(H,19,21)(H,22,23). The van der Waals surface area contributed by atoms with Crippen LogP contribution in [0.5, 0.6) is 0 Å². The topological polar surface area (TPSA) is 106 Å². The molecule has 0 saturated heterocycles. The Morgan fingerprint density at radius 3 is 2.63 bits per heavy atom. The van der Waals surface area contributed by atoms with E-state index in [-0.39, 0.29) is 11.4 Å². The lowest BCUT2D eigenvalue weighted by molar-refractivity contribution is -0.138. The molecule has 0 fully saturated rings. The number of aromatic nitrogens is 1. The van der Waals surface area contributed by atoms with Gasteiger partial charge in [0.25, 0.3) is 5.91 Å². The maximum atomic E-state index is 12.2. The summed E-state index contributed by atoms with van der Waals surface area (Å²) in [5.41, 5.74) is 0.537. The quantitative estimate of drug-likeness (QED) is 0.501. The molecule has 0 saturated carbocycles. The molecule has 0 bridgehead atoms. The number of carbonyl (C=O) groups excluding carboxylic acids is 2. The molecular formula is C18H20N2O5S2. The predicted octanol–water partition coefficient (Wildman–Crippen LogP) is 2.88. The highest BCUT2D eigenvalue weighted by molar-refractivity contribution is 7.80. The second-order valence-electron chi connectivity index (χ2n) is 6.67. The first-order valence-electron chi connectivity index (χ1n) is 8.04. The van der Waals surface area contributed by atoms with Gasteiger partial charge in [-0.15, -0.1) is 11.3 Å². The Morgan fingerprint density at radius 1 is 1.33 bits per heavy atom. The van der Waals surface area contributed by atoms with Crippen molar-refractivity contribution in [1.82, 2.24) is 10.3 Å². The van der Waals surface area contributed by atoms with Crippen LogP contribution in [0.15, 0.2) is 29.6 Å². The van der Waals surface area contributed by atoms with Crippen LogP contribution >= 0.6 is 24.0 Å². The van der Waals surface area contributed by atoms with Crippen molar-refractivity contribution in [3.63, 3.8) is 0 Å². The van der Waals surface area contributed by atoms with E-state index in [0.717, 1.165) is 0 Å². The van der Waals surface area contributed by atoms with Crippen LogP contribution in [0, 0.1) is 0 Å². The number of rotatable bonds is 6. The smallest absolute Gasteiger partial charge is 0.338 e. The number of nitrogens with zero attached hydrogens (tertiary/aromatic N) is 1. The summed E-state index contributed by atoms with van der Waals surface area (Å²) in [5, 5.41) is 13.4. The van der Waals surface area contributed by atoms with Crippen LogP contribution in [0.25, 0.3) is 10.6 Å². The van der Waals surface area contributed by atoms with E-state index in [1.165, 1.54) is 16.7 Å². The summed E-state index contributed by atoms with van der Waals surface area (Å²) in [4.78, 5) is 39.6. The Hall–Kier alpha value is -2.39. The Bertz CT molecular complexity index is 857. The van der Waals surface area contributed by atoms with E-state index in [4.69, 9.17) is 9.84 Å². The summed E-state index contributed by atoms with van der Waals surface area (Å²) >= 11 is 5.12. The number of thiazole rings is 1. The molecule has 2 rings (SSSR count). The predicted molar refractivity (Wildman–Crippen MR) is 105 cm³/mol. The highest BCUT2D eigenvalue weighted by atomic mass is 32.1. The first-order valence-corrected chi connectivity index (χ1v) is 9.56. The van der Waals surface area contributed by atoms with Gasteiger partial charge in [0, 0.05) is 16.7 Å². The van der Waals surface area contributed by atoms with Gasteiger partial charge in [0.05, 0.1) is 5.56 Å². The van der Waals surface area contributed by atoms with E-state index in [1.807, 2.05) is 0 Å². The van der Waals surface area contributed by atoms with Crippen LogP contribution in [-0.4, -0.2) is 45.3 Å². The normalized spacial score (nSPS) is 12.3. The van der Waals surface area contributed by atoms with Gasteiger partial charge < -0.3 is 15.2 Å². The van der Waals surface area contributed by atoms with Gasteiger partial charge in [-0.1, -0.05) is 12.1 Å². The van der Waals surface area contributed by atoms with Gasteiger partial charge in [-0.2, -0.15) is 12.6 Å². The summed E-state index contributed by atoms with van der Waals surface area (Å²) in [6.45, 7) is 5.36. The van der Waals surface area contributed by atoms with Gasteiger partial charge in [0.2, 0.25) is 0 Å². The van der Waals surface area contributed by atoms with Gasteiger partial charge in [-0.25, -0.2) is 14.6 Å². The van der Waals surface area contributed by atoms with Crippen LogP contribution in [0.3, 0.4) is 0 Å². The molecule has 27 heavy (non-hydrogen) atoms. The van der Waals surface area contributed by atoms with E-state index in [1.54, 1.807) is 45.0 Å². The number of hydrogen-bond acceptors (Lipinski definition) is 7. The molecule has 1 heterocycles. The molecule has 0 aliphatic rings. The zero-order valence-electron chi connectivity index (χ0n) is 15.1. The Labute approximate surface area is 166 Å². The maximum absolute atomic E-state index is 12.2. The van der Waals surface area contributed by atoms with Gasteiger partial charge in [0.15, 0.2) is 0 Å². The molecule has 7 nitrogen and oxygen atoms in total. The number of thiol groups is 1. The Balaban J connectivity index is 2.19. The minimum atomic E-state index is -1.17. The van der Waals surface area contributed by atoms with Gasteiger partial charge in [-0.3, -0.25) is 4.79 Å². The molecule has 0 aliphatic carbocycles. The second-order valence-corrected chi connectivity index (χ2v) is 7.89. The number of carboxylic acid groups (broad SMARTS) is 1. The Kier molecular flexibility index (Phi) is 6.61. The van der Waals surface area contributed by atoms with Gasteiger partial charge in [-0.05, 0) is 32.9 Å². The molecule has 9 heteroatoms. The molecule has 0 radical (unpaired) electrons. The van der Waals surface area contributed by atoms with Crippen LogP contribution in [0.4, 0.5) is 0 Å². The van der Waals surface area contributed by atoms with Crippen LogP contribution < -0.4 is 5.32 Å². The number of aliphatic carboxylic acids is 1. The highest BCUT2D eigenvalue weighted by Gasteiger charge is 2.21. The molecule has 2 N–H and O–H groups in total. The zero-order valence-corrected chi connectivity index (χ0v) is 16.8. The third-order valence-corrected chi connectivity index (χ3v) is 4.52. The zero-order chi connectivity index (χ0) is 20.2. The van der Waals surface area contributed by atoms with Crippen molar-refractivity contribution >= 4 is 41.8 Å². The third-order valence-electron chi connectivity index (χ3n) is 3.27. The summed E-state index contributed by atoms with van der Waals surface area (Å²) in [6.07, 6.45) is 0. The fourth-order valence-corrected chi connectivity index (χ4v) is 3.09. The summed E-state index contributed by atoms with van der Waals surface area (Å²) in [7, 11) is 0. The van der Waals surface area contributed by atoms with E-state index < -0.39 is 29.5 Å². The minimum absolute atomic E-state index is 0.0317. The molecule has 0 aliphatic heterocycles. The molecule has 2 aromatic rings. The molecule has 1 atom stereocenters. The van der Waals surface area contributed by atoms with Crippen molar-refractivity contribution in [2.24, 2.45) is 0 Å². The summed E-state index contributed by atoms with van der Waals surface area (Å²) < 4.78 is 5.35. The SMILES string of the molecule is CC(C)(C)OC(=O)c1cccc(-c2nc(C(=O)NC(CS)C(=O)O)cs2)c1. The van der Waals surface area contributed by atoms with Crippen LogP contribution in [-0.2, 0) is 9.53 Å². The second kappa shape index (κ2) is 8.53. The monoisotopic (exact) mass is 408 g/mol. The number of amides is 1. The van der Waals surface area contributed by atoms with E-state index >= 15 is 0 Å². The first-order chi connectivity index (χ1) is 12.6. The summed E-state index contributed by atoms with van der Waals surface area (Å²) in [6, 6.07) is 5.66. The number of hydrogen-bond donors (Lipinski definition) is 3. The van der Waals surface area contributed by atoms with Crippen molar-refractivity contribution in [3.8, 4) is 10.6 Å². The average molecular weight is 409 g/mol. The molecule has 144 valence electrons. The van der Waals surface area contributed by atoms with Crippen molar-refractivity contribution in [2.75, 3.05) is 5.75 Å². The van der Waals surface area contributed by atoms with E-state index in [0.29, 0.717) is 16.1 Å². The molecule has 0 spiro atoms. The fraction of sp³-hybridized carbons (Fsp3) is 0.333. The van der Waals surface area contributed by atoms with Crippen LogP contribution in [0.2, 0.25) is 0 Å². The van der Waals surface area contributed by atoms with Crippen molar-refractivity contribution < 1.29 is 24.2 Å². The number of nitrogens with one attached hydrogen (secondary N) is 1. The maximum Gasteiger partial charge on any atom is 0.338 e. The average Bonchev–Trinajstić information content (AvgIpc) is 3.08. The van der Waals surface area contributed by atoms with E-state index in [2.05, 4.69) is 22.9 Å². The first kappa shape index (κ1) is 20.9. The molecular weight excluding hydrogens is 388 g/mol. The summed E-state index contributed by atoms with van der Waals surface area (Å²) in [5.74, 6) is -2.24. The number of esters is 1. The number of carbonyl (C=O) groups is 3.